The van der Waals surface area contributed by atoms with Crippen molar-refractivity contribution >= 4 is 17.8 Å². The van der Waals surface area contributed by atoms with Gasteiger partial charge in [-0.2, -0.15) is 0 Å². The highest BCUT2D eigenvalue weighted by atomic mass is 16.5. The topological polar surface area (TPSA) is 126 Å². The summed E-state index contributed by atoms with van der Waals surface area (Å²) >= 11 is 0. The van der Waals surface area contributed by atoms with Crippen molar-refractivity contribution in [3.8, 4) is 5.75 Å². The van der Waals surface area contributed by atoms with Crippen LogP contribution in [0.2, 0.25) is 0 Å². The number of allylic oxidation sites excluding steroid dienone is 2. The quantitative estimate of drug-likeness (QED) is 0.530. The van der Waals surface area contributed by atoms with Crippen LogP contribution in [0.4, 0.5) is 0 Å². The summed E-state index contributed by atoms with van der Waals surface area (Å²) < 4.78 is 12.0. The number of amides is 2. The van der Waals surface area contributed by atoms with E-state index in [2.05, 4.69) is 18.3 Å². The Morgan fingerprint density at radius 2 is 2.03 bits per heavy atom. The van der Waals surface area contributed by atoms with Gasteiger partial charge in [0.15, 0.2) is 5.96 Å². The van der Waals surface area contributed by atoms with Crippen molar-refractivity contribution in [2.45, 2.75) is 95.7 Å². The molecular weight excluding hydrogens is 496 g/mol. The third kappa shape index (κ3) is 4.87. The van der Waals surface area contributed by atoms with Gasteiger partial charge in [0.1, 0.15) is 11.4 Å². The molecule has 6 atom stereocenters. The second kappa shape index (κ2) is 10.1. The Balaban J connectivity index is 1.46. The maximum Gasteiger partial charge on any atom is 0.251 e. The van der Waals surface area contributed by atoms with Crippen molar-refractivity contribution in [1.29, 1.82) is 0 Å². The molecule has 210 valence electrons. The van der Waals surface area contributed by atoms with Crippen molar-refractivity contribution in [2.24, 2.45) is 16.6 Å². The van der Waals surface area contributed by atoms with Crippen LogP contribution in [0, 0.1) is 5.92 Å². The average Bonchev–Trinajstić information content (AvgIpc) is 2.89. The second-order valence-corrected chi connectivity index (χ2v) is 11.7. The Bertz CT molecular complexity index is 1250. The monoisotopic (exact) mass is 536 g/mol. The fourth-order valence-electron chi connectivity index (χ4n) is 6.33. The van der Waals surface area contributed by atoms with Gasteiger partial charge in [-0.3, -0.25) is 14.5 Å². The Morgan fingerprint density at radius 3 is 2.72 bits per heavy atom. The fourth-order valence-corrected chi connectivity index (χ4v) is 6.33. The van der Waals surface area contributed by atoms with Crippen molar-refractivity contribution in [1.82, 2.24) is 10.2 Å². The van der Waals surface area contributed by atoms with Crippen molar-refractivity contribution < 1.29 is 24.2 Å². The molecule has 1 aromatic carbocycles. The molecule has 5 rings (SSSR count). The van der Waals surface area contributed by atoms with E-state index in [0.717, 1.165) is 24.0 Å². The molecule has 0 aromatic heterocycles. The van der Waals surface area contributed by atoms with E-state index in [1.54, 1.807) is 30.0 Å². The van der Waals surface area contributed by atoms with E-state index >= 15 is 0 Å². The minimum absolute atomic E-state index is 0.0678. The lowest BCUT2D eigenvalue weighted by molar-refractivity contribution is -0.132. The number of nitrogens with one attached hydrogen (secondary N) is 1. The van der Waals surface area contributed by atoms with Gasteiger partial charge in [-0.1, -0.05) is 39.0 Å². The maximum atomic E-state index is 13.6. The molecule has 0 saturated carbocycles. The lowest BCUT2D eigenvalue weighted by Gasteiger charge is -2.45. The normalized spacial score (nSPS) is 33.3. The van der Waals surface area contributed by atoms with Gasteiger partial charge in [0.2, 0.25) is 5.91 Å². The van der Waals surface area contributed by atoms with Crippen LogP contribution in [0.3, 0.4) is 0 Å². The van der Waals surface area contributed by atoms with E-state index < -0.39 is 23.2 Å². The number of benzene rings is 1. The summed E-state index contributed by atoms with van der Waals surface area (Å²) in [6, 6.07) is 4.24. The highest BCUT2D eigenvalue weighted by Crippen LogP contribution is 2.42. The SMILES string of the molecule is CCC1(CC)CC(=O)N(C2CC(C)Oc3ccc(C(=O)N[C@@H]4C5=CC=CC(C)C5OC[C@@]4(C)O)cc32)C(N)=N1. The molecule has 3 heterocycles. The molecule has 0 bridgehead atoms. The molecule has 1 aliphatic carbocycles. The van der Waals surface area contributed by atoms with E-state index in [9.17, 15) is 14.7 Å². The Kier molecular flexibility index (Phi) is 7.09. The minimum Gasteiger partial charge on any atom is -0.490 e. The summed E-state index contributed by atoms with van der Waals surface area (Å²) in [7, 11) is 0. The zero-order valence-corrected chi connectivity index (χ0v) is 23.4. The molecule has 4 N–H and O–H groups in total. The lowest BCUT2D eigenvalue weighted by atomic mass is 9.78. The van der Waals surface area contributed by atoms with Gasteiger partial charge in [0.25, 0.3) is 5.91 Å². The second-order valence-electron chi connectivity index (χ2n) is 11.7. The number of fused-ring (bicyclic) bond motifs is 2. The first-order valence-electron chi connectivity index (χ1n) is 14.0. The van der Waals surface area contributed by atoms with Crippen LogP contribution < -0.4 is 15.8 Å². The molecule has 2 amide bonds. The first kappa shape index (κ1) is 27.4. The summed E-state index contributed by atoms with van der Waals surface area (Å²) in [5.41, 5.74) is 6.67. The van der Waals surface area contributed by atoms with Crippen molar-refractivity contribution in [3.63, 3.8) is 0 Å². The van der Waals surface area contributed by atoms with E-state index in [-0.39, 0.29) is 42.5 Å². The third-order valence-corrected chi connectivity index (χ3v) is 8.78. The van der Waals surface area contributed by atoms with Gasteiger partial charge in [0, 0.05) is 23.5 Å². The van der Waals surface area contributed by atoms with Gasteiger partial charge in [-0.05, 0) is 50.5 Å². The van der Waals surface area contributed by atoms with Gasteiger partial charge in [0.05, 0.1) is 42.9 Å². The molecule has 1 aromatic rings. The third-order valence-electron chi connectivity index (χ3n) is 8.78. The van der Waals surface area contributed by atoms with Crippen molar-refractivity contribution in [2.75, 3.05) is 6.61 Å². The molecule has 1 fully saturated rings. The Hall–Kier alpha value is -3.17. The van der Waals surface area contributed by atoms with Gasteiger partial charge < -0.3 is 25.6 Å². The van der Waals surface area contributed by atoms with E-state index in [1.165, 1.54) is 0 Å². The summed E-state index contributed by atoms with van der Waals surface area (Å²) in [4.78, 5) is 33.4. The van der Waals surface area contributed by atoms with Gasteiger partial charge in [-0.25, -0.2) is 4.99 Å². The molecule has 9 heteroatoms. The zero-order valence-electron chi connectivity index (χ0n) is 23.4. The number of carbonyl (C=O) groups excluding carboxylic acids is 2. The number of guanidine groups is 1. The number of hydrogen-bond donors (Lipinski definition) is 3. The first-order chi connectivity index (χ1) is 18.5. The van der Waals surface area contributed by atoms with Crippen LogP contribution >= 0.6 is 0 Å². The number of carbonyl (C=O) groups is 2. The minimum atomic E-state index is -1.27. The zero-order chi connectivity index (χ0) is 28.1. The van der Waals surface area contributed by atoms with Crippen LogP contribution in [0.15, 0.2) is 47.0 Å². The average molecular weight is 537 g/mol. The molecule has 9 nitrogen and oxygen atoms in total. The largest absolute Gasteiger partial charge is 0.490 e. The molecular formula is C30H40N4O5. The molecule has 0 radical (unpaired) electrons. The molecule has 1 saturated heterocycles. The van der Waals surface area contributed by atoms with Crippen LogP contribution in [0.25, 0.3) is 0 Å². The number of ether oxygens (including phenoxy) is 2. The summed E-state index contributed by atoms with van der Waals surface area (Å²) in [5.74, 6) is 0.572. The van der Waals surface area contributed by atoms with E-state index in [4.69, 9.17) is 20.2 Å². The lowest BCUT2D eigenvalue weighted by Crippen LogP contribution is -2.61. The molecule has 0 spiro atoms. The number of aliphatic imine (C=N–C) groups is 1. The fraction of sp³-hybridized carbons (Fsp3) is 0.567. The highest BCUT2D eigenvalue weighted by Gasteiger charge is 2.46. The van der Waals surface area contributed by atoms with Gasteiger partial charge in [-0.15, -0.1) is 0 Å². The van der Waals surface area contributed by atoms with Crippen LogP contribution in [-0.2, 0) is 9.53 Å². The van der Waals surface area contributed by atoms with E-state index in [0.29, 0.717) is 24.2 Å². The maximum absolute atomic E-state index is 13.6. The Labute approximate surface area is 230 Å². The smallest absolute Gasteiger partial charge is 0.251 e. The molecule has 39 heavy (non-hydrogen) atoms. The number of nitrogens with zero attached hydrogens (tertiary/aromatic N) is 2. The predicted molar refractivity (Wildman–Crippen MR) is 148 cm³/mol. The number of rotatable bonds is 5. The number of aliphatic hydroxyl groups is 1. The summed E-state index contributed by atoms with van der Waals surface area (Å²) in [5, 5.41) is 14.2. The standard InChI is InChI=1S/C30H40N4O5/c1-6-30(7-2)15-24(35)34(28(31)33-30)22-13-18(4)39-23-12-11-19(14-21(22)23)27(36)32-26-20-10-8-9-17(3)25(20)38-16-29(26,5)37/h8-12,14,17-18,22,25-26,37H,6-7,13,15-16H2,1-5H3,(H2,31,33)(H,32,36)/t17?,18?,22?,25?,26-,29-/m1/s1. The predicted octanol–water partition coefficient (Wildman–Crippen LogP) is 3.39. The first-order valence-corrected chi connectivity index (χ1v) is 14.0. The number of hydrogen-bond acceptors (Lipinski definition) is 7. The number of nitrogens with two attached hydrogens (primary N) is 1. The van der Waals surface area contributed by atoms with E-state index in [1.807, 2.05) is 32.9 Å². The Morgan fingerprint density at radius 1 is 1.28 bits per heavy atom. The van der Waals surface area contributed by atoms with Gasteiger partial charge >= 0.3 is 0 Å². The van der Waals surface area contributed by atoms with Crippen LogP contribution in [0.1, 0.15) is 82.3 Å². The highest BCUT2D eigenvalue weighted by molar-refractivity contribution is 6.00. The van der Waals surface area contributed by atoms with Crippen LogP contribution in [0.5, 0.6) is 5.75 Å². The van der Waals surface area contributed by atoms with Crippen LogP contribution in [-0.4, -0.2) is 63.8 Å². The molecule has 4 aliphatic rings. The molecule has 3 aliphatic heterocycles. The molecule has 4 unspecified atom stereocenters. The van der Waals surface area contributed by atoms with Crippen molar-refractivity contribution in [3.05, 3.63) is 53.1 Å². The summed E-state index contributed by atoms with van der Waals surface area (Å²) in [6.07, 6.45) is 7.85. The summed E-state index contributed by atoms with van der Waals surface area (Å²) in [6.45, 7) is 9.85.